The summed E-state index contributed by atoms with van der Waals surface area (Å²) in [5, 5.41) is 4.54. The van der Waals surface area contributed by atoms with Gasteiger partial charge >= 0.3 is 6.09 Å². The van der Waals surface area contributed by atoms with Gasteiger partial charge in [-0.3, -0.25) is 4.90 Å². The predicted molar refractivity (Wildman–Crippen MR) is 102 cm³/mol. The number of rotatable bonds is 6. The van der Waals surface area contributed by atoms with Gasteiger partial charge in [-0.15, -0.1) is 5.10 Å². The molecular weight excluding hydrogens is 342 g/mol. The molecule has 1 amide bonds. The van der Waals surface area contributed by atoms with Gasteiger partial charge in [0.05, 0.1) is 17.9 Å². The first kappa shape index (κ1) is 17.1. The maximum Gasteiger partial charge on any atom is 0.414 e. The molecule has 6 heteroatoms. The lowest BCUT2D eigenvalue weighted by Gasteiger charge is -2.17. The summed E-state index contributed by atoms with van der Waals surface area (Å²) >= 11 is 0. The van der Waals surface area contributed by atoms with Crippen LogP contribution >= 0.6 is 0 Å². The minimum atomic E-state index is -0.317. The van der Waals surface area contributed by atoms with Crippen LogP contribution < -0.4 is 9.64 Å². The third-order valence-electron chi connectivity index (χ3n) is 4.60. The molecule has 1 aliphatic heterocycles. The molecule has 4 rings (SSSR count). The summed E-state index contributed by atoms with van der Waals surface area (Å²) in [4.78, 5) is 13.5. The van der Waals surface area contributed by atoms with Gasteiger partial charge in [0.15, 0.2) is 0 Å². The van der Waals surface area contributed by atoms with Crippen LogP contribution in [-0.4, -0.2) is 29.0 Å². The Labute approximate surface area is 157 Å². The van der Waals surface area contributed by atoms with Gasteiger partial charge in [0.1, 0.15) is 13.2 Å². The van der Waals surface area contributed by atoms with Crippen molar-refractivity contribution < 1.29 is 14.3 Å². The number of carbonyl (C=O) groups excluding carboxylic acids is 1. The largest absolute Gasteiger partial charge is 0.472 e. The number of amides is 1. The molecule has 0 N–H and O–H groups in total. The molecule has 0 radical (unpaired) electrons. The van der Waals surface area contributed by atoms with E-state index in [1.54, 1.807) is 4.90 Å². The van der Waals surface area contributed by atoms with Crippen LogP contribution in [0.5, 0.6) is 5.88 Å². The van der Waals surface area contributed by atoms with E-state index in [-0.39, 0.29) is 6.09 Å². The highest BCUT2D eigenvalue weighted by molar-refractivity contribution is 5.90. The predicted octanol–water partition coefficient (Wildman–Crippen LogP) is 3.97. The first-order chi connectivity index (χ1) is 13.3. The molecule has 0 saturated carbocycles. The molecule has 1 aromatic heterocycles. The molecule has 1 fully saturated rings. The molecule has 2 heterocycles. The van der Waals surface area contributed by atoms with Crippen LogP contribution in [0.3, 0.4) is 0 Å². The Bertz CT molecular complexity index is 951. The highest BCUT2D eigenvalue weighted by Gasteiger charge is 2.25. The minimum absolute atomic E-state index is 0.317. The summed E-state index contributed by atoms with van der Waals surface area (Å²) in [5.41, 5.74) is 4.01. The van der Waals surface area contributed by atoms with Gasteiger partial charge in [0.2, 0.25) is 5.88 Å². The quantitative estimate of drug-likeness (QED) is 0.665. The van der Waals surface area contributed by atoms with Gasteiger partial charge in [0, 0.05) is 17.8 Å². The van der Waals surface area contributed by atoms with Crippen molar-refractivity contribution in [2.24, 2.45) is 0 Å². The zero-order valence-electron chi connectivity index (χ0n) is 15.2. The Kier molecular flexibility index (Phi) is 4.78. The smallest absolute Gasteiger partial charge is 0.414 e. The molecule has 3 aromatic rings. The number of aromatic nitrogens is 2. The van der Waals surface area contributed by atoms with Crippen LogP contribution in [0, 0.1) is 0 Å². The molecule has 0 atom stereocenters. The molecule has 0 bridgehead atoms. The van der Waals surface area contributed by atoms with E-state index >= 15 is 0 Å². The topological polar surface area (TPSA) is 56.6 Å². The van der Waals surface area contributed by atoms with Gasteiger partial charge in [-0.1, -0.05) is 43.3 Å². The average molecular weight is 363 g/mol. The Morgan fingerprint density at radius 3 is 2.52 bits per heavy atom. The van der Waals surface area contributed by atoms with Gasteiger partial charge in [0.25, 0.3) is 0 Å². The number of anilines is 1. The fraction of sp³-hybridized carbons (Fsp3) is 0.238. The number of aryl methyl sites for hydroxylation is 1. The van der Waals surface area contributed by atoms with E-state index in [9.17, 15) is 4.79 Å². The first-order valence-electron chi connectivity index (χ1n) is 9.05. The van der Waals surface area contributed by atoms with E-state index < -0.39 is 0 Å². The van der Waals surface area contributed by atoms with E-state index in [4.69, 9.17) is 9.47 Å². The van der Waals surface area contributed by atoms with Gasteiger partial charge in [-0.05, 0) is 24.1 Å². The second kappa shape index (κ2) is 7.53. The van der Waals surface area contributed by atoms with Crippen LogP contribution in [0.15, 0.2) is 60.8 Å². The molecular formula is C21H21N3O3. The summed E-state index contributed by atoms with van der Waals surface area (Å²) in [6.07, 6.45) is 2.52. The second-order valence-corrected chi connectivity index (χ2v) is 6.26. The van der Waals surface area contributed by atoms with Crippen LogP contribution in [-0.2, 0) is 17.8 Å². The number of cyclic esters (lactones) is 1. The molecule has 2 aromatic carbocycles. The maximum atomic E-state index is 11.9. The Morgan fingerprint density at radius 1 is 1.04 bits per heavy atom. The number of benzene rings is 2. The number of carbonyl (C=O) groups is 1. The van der Waals surface area contributed by atoms with Crippen molar-refractivity contribution in [2.75, 3.05) is 18.1 Å². The van der Waals surface area contributed by atoms with Crippen LogP contribution in [0.4, 0.5) is 10.5 Å². The van der Waals surface area contributed by atoms with Crippen molar-refractivity contribution in [1.29, 1.82) is 0 Å². The number of hydrogen-bond donors (Lipinski definition) is 0. The molecule has 0 unspecified atom stereocenters. The average Bonchev–Trinajstić information content (AvgIpc) is 3.35. The summed E-state index contributed by atoms with van der Waals surface area (Å²) in [6.45, 7) is 3.42. The SMILES string of the molecule is CCc1ccccc1-n1ccc(OCc2ccccc2N2CCOC2=O)n1. The van der Waals surface area contributed by atoms with E-state index in [1.165, 1.54) is 5.56 Å². The van der Waals surface area contributed by atoms with Crippen molar-refractivity contribution in [3.63, 3.8) is 0 Å². The van der Waals surface area contributed by atoms with E-state index in [1.807, 2.05) is 59.4 Å². The number of ether oxygens (including phenoxy) is 2. The van der Waals surface area contributed by atoms with Crippen molar-refractivity contribution >= 4 is 11.8 Å². The standard InChI is InChI=1S/C21H21N3O3/c1-2-16-7-3-6-10-19(16)24-12-11-20(22-24)27-15-17-8-4-5-9-18(17)23-13-14-26-21(23)25/h3-12H,2,13-15H2,1H3. The molecule has 1 saturated heterocycles. The first-order valence-corrected chi connectivity index (χ1v) is 9.05. The van der Waals surface area contributed by atoms with Gasteiger partial charge < -0.3 is 9.47 Å². The van der Waals surface area contributed by atoms with Gasteiger partial charge in [-0.25, -0.2) is 9.48 Å². The fourth-order valence-electron chi connectivity index (χ4n) is 3.21. The van der Waals surface area contributed by atoms with E-state index in [0.29, 0.717) is 25.6 Å². The summed E-state index contributed by atoms with van der Waals surface area (Å²) in [6, 6.07) is 17.7. The Morgan fingerprint density at radius 2 is 1.78 bits per heavy atom. The fourth-order valence-corrected chi connectivity index (χ4v) is 3.21. The van der Waals surface area contributed by atoms with Crippen LogP contribution in [0.1, 0.15) is 18.1 Å². The summed E-state index contributed by atoms with van der Waals surface area (Å²) < 4.78 is 12.8. The summed E-state index contributed by atoms with van der Waals surface area (Å²) in [7, 11) is 0. The zero-order chi connectivity index (χ0) is 18.6. The highest BCUT2D eigenvalue weighted by atomic mass is 16.6. The number of para-hydroxylation sites is 2. The highest BCUT2D eigenvalue weighted by Crippen LogP contribution is 2.25. The molecule has 27 heavy (non-hydrogen) atoms. The molecule has 1 aliphatic rings. The van der Waals surface area contributed by atoms with E-state index in [0.717, 1.165) is 23.4 Å². The lowest BCUT2D eigenvalue weighted by atomic mass is 10.1. The minimum Gasteiger partial charge on any atom is -0.472 e. The molecule has 0 spiro atoms. The molecule has 138 valence electrons. The Hall–Kier alpha value is -3.28. The maximum absolute atomic E-state index is 11.9. The van der Waals surface area contributed by atoms with Crippen molar-refractivity contribution in [3.05, 3.63) is 71.9 Å². The monoisotopic (exact) mass is 363 g/mol. The molecule has 0 aliphatic carbocycles. The molecule has 6 nitrogen and oxygen atoms in total. The number of nitrogens with zero attached hydrogens (tertiary/aromatic N) is 3. The number of hydrogen-bond acceptors (Lipinski definition) is 4. The van der Waals surface area contributed by atoms with Crippen LogP contribution in [0.2, 0.25) is 0 Å². The third kappa shape index (κ3) is 3.51. The normalized spacial score (nSPS) is 13.7. The lowest BCUT2D eigenvalue weighted by molar-refractivity contribution is 0.181. The third-order valence-corrected chi connectivity index (χ3v) is 4.60. The van der Waals surface area contributed by atoms with Crippen LogP contribution in [0.25, 0.3) is 5.69 Å². The second-order valence-electron chi connectivity index (χ2n) is 6.26. The van der Waals surface area contributed by atoms with E-state index in [2.05, 4.69) is 18.1 Å². The van der Waals surface area contributed by atoms with Gasteiger partial charge in [-0.2, -0.15) is 0 Å². The lowest BCUT2D eigenvalue weighted by Crippen LogP contribution is -2.24. The van der Waals surface area contributed by atoms with Crippen molar-refractivity contribution in [2.45, 2.75) is 20.0 Å². The zero-order valence-corrected chi connectivity index (χ0v) is 15.2. The van der Waals surface area contributed by atoms with Crippen molar-refractivity contribution in [3.8, 4) is 11.6 Å². The summed E-state index contributed by atoms with van der Waals surface area (Å²) in [5.74, 6) is 0.541. The van der Waals surface area contributed by atoms with Crippen molar-refractivity contribution in [1.82, 2.24) is 9.78 Å². The Balaban J connectivity index is 1.51.